The van der Waals surface area contributed by atoms with Gasteiger partial charge in [0, 0.05) is 0 Å². The van der Waals surface area contributed by atoms with Crippen LogP contribution in [0.5, 0.6) is 0 Å². The molecule has 1 aromatic carbocycles. The summed E-state index contributed by atoms with van der Waals surface area (Å²) in [6, 6.07) is 7.24. The van der Waals surface area contributed by atoms with Crippen LogP contribution in [0.4, 0.5) is 0 Å². The molecule has 0 N–H and O–H groups in total. The Kier molecular flexibility index (Phi) is 5.35. The maximum Gasteiger partial charge on any atom is 0.178 e. The van der Waals surface area contributed by atoms with Crippen molar-refractivity contribution in [3.8, 4) is 0 Å². The monoisotopic (exact) mass is 258 g/mol. The van der Waals surface area contributed by atoms with Crippen LogP contribution in [-0.2, 0) is 16.3 Å². The van der Waals surface area contributed by atoms with Crippen molar-refractivity contribution in [1.29, 1.82) is 0 Å². The number of aryl methyl sites for hydroxylation is 1. The van der Waals surface area contributed by atoms with E-state index in [1.165, 1.54) is 0 Å². The predicted octanol–water partition coefficient (Wildman–Crippen LogP) is 2.73. The molecule has 0 atom stereocenters. The van der Waals surface area contributed by atoms with Gasteiger partial charge in [-0.15, -0.1) is 0 Å². The molecule has 90 valence electrons. The first-order valence-corrected chi connectivity index (χ1v) is 7.81. The Morgan fingerprint density at radius 3 is 2.69 bits per heavy atom. The largest absolute Gasteiger partial charge is 0.224 e. The maximum atomic E-state index is 11.8. The average molecular weight is 258 g/mol. The fourth-order valence-electron chi connectivity index (χ4n) is 1.56. The van der Waals surface area contributed by atoms with E-state index in [1.54, 1.807) is 12.1 Å². The van der Waals surface area contributed by atoms with Gasteiger partial charge in [0.15, 0.2) is 9.84 Å². The quantitative estimate of drug-likeness (QED) is 0.796. The number of benzene rings is 1. The molecule has 16 heavy (non-hydrogen) atoms. The molecule has 0 bridgehead atoms. The van der Waals surface area contributed by atoms with Crippen molar-refractivity contribution < 1.29 is 8.42 Å². The van der Waals surface area contributed by atoms with Crippen molar-refractivity contribution in [1.82, 2.24) is 0 Å². The molecule has 1 aromatic rings. The minimum atomic E-state index is -3.08. The van der Waals surface area contributed by atoms with Gasteiger partial charge in [0.25, 0.3) is 0 Å². The first-order chi connectivity index (χ1) is 7.60. The fraction of sp³-hybridized carbons (Fsp3) is 0.500. The van der Waals surface area contributed by atoms with Gasteiger partial charge in [-0.25, -0.2) is 8.42 Å². The molecule has 0 unspecified atom stereocenters. The second kappa shape index (κ2) is 6.30. The van der Waals surface area contributed by atoms with E-state index in [2.05, 4.69) is 12.6 Å². The van der Waals surface area contributed by atoms with Crippen molar-refractivity contribution in [2.45, 2.75) is 31.1 Å². The zero-order valence-electron chi connectivity index (χ0n) is 9.52. The van der Waals surface area contributed by atoms with Crippen LogP contribution in [0.2, 0.25) is 0 Å². The zero-order chi connectivity index (χ0) is 12.0. The van der Waals surface area contributed by atoms with Gasteiger partial charge in [-0.1, -0.05) is 19.1 Å². The molecule has 0 heterocycles. The summed E-state index contributed by atoms with van der Waals surface area (Å²) >= 11 is 4.15. The molecule has 0 spiro atoms. The summed E-state index contributed by atoms with van der Waals surface area (Å²) in [6.07, 6.45) is 2.52. The predicted molar refractivity (Wildman–Crippen MR) is 71.0 cm³/mol. The van der Waals surface area contributed by atoms with Gasteiger partial charge in [0.05, 0.1) is 10.6 Å². The molecular weight excluding hydrogens is 240 g/mol. The van der Waals surface area contributed by atoms with Gasteiger partial charge in [0.1, 0.15) is 0 Å². The van der Waals surface area contributed by atoms with Crippen LogP contribution in [-0.4, -0.2) is 19.9 Å². The second-order valence-corrected chi connectivity index (χ2v) is 6.35. The molecule has 2 nitrogen and oxygen atoms in total. The van der Waals surface area contributed by atoms with Gasteiger partial charge in [-0.3, -0.25) is 0 Å². The van der Waals surface area contributed by atoms with Crippen LogP contribution in [0.1, 0.15) is 25.3 Å². The lowest BCUT2D eigenvalue weighted by Crippen LogP contribution is -2.06. The Balaban J connectivity index is 2.89. The molecule has 0 amide bonds. The second-order valence-electron chi connectivity index (χ2n) is 3.79. The number of hydrogen-bond acceptors (Lipinski definition) is 3. The van der Waals surface area contributed by atoms with E-state index in [0.717, 1.165) is 24.2 Å². The van der Waals surface area contributed by atoms with Gasteiger partial charge in [-0.2, -0.15) is 12.6 Å². The Bertz CT molecular complexity index is 424. The molecule has 0 aromatic heterocycles. The molecule has 0 saturated heterocycles. The van der Waals surface area contributed by atoms with Gasteiger partial charge in [0.2, 0.25) is 0 Å². The topological polar surface area (TPSA) is 34.1 Å². The maximum absolute atomic E-state index is 11.8. The van der Waals surface area contributed by atoms with Crippen LogP contribution < -0.4 is 0 Å². The van der Waals surface area contributed by atoms with E-state index in [0.29, 0.717) is 11.3 Å². The van der Waals surface area contributed by atoms with Crippen LogP contribution in [0.25, 0.3) is 0 Å². The highest BCUT2D eigenvalue weighted by Crippen LogP contribution is 2.15. The van der Waals surface area contributed by atoms with E-state index >= 15 is 0 Å². The number of sulfone groups is 1. The molecule has 0 radical (unpaired) electrons. The fourth-order valence-corrected chi connectivity index (χ4v) is 3.11. The van der Waals surface area contributed by atoms with Crippen LogP contribution >= 0.6 is 12.6 Å². The standard InChI is InChI=1S/C12H18O2S2/c1-2-9-16(13,14)12-7-3-5-11(10-12)6-4-8-15/h3,5,7,10,15H,2,4,6,8-9H2,1H3. The third-order valence-corrected chi connectivity index (χ3v) is 4.59. The molecular formula is C12H18O2S2. The van der Waals surface area contributed by atoms with E-state index < -0.39 is 9.84 Å². The van der Waals surface area contributed by atoms with Crippen molar-refractivity contribution in [2.75, 3.05) is 11.5 Å². The molecule has 1 rings (SSSR count). The molecule has 0 fully saturated rings. The van der Waals surface area contributed by atoms with Gasteiger partial charge >= 0.3 is 0 Å². The molecule has 0 aliphatic carbocycles. The lowest BCUT2D eigenvalue weighted by Gasteiger charge is -2.05. The van der Waals surface area contributed by atoms with Crippen LogP contribution in [0.3, 0.4) is 0 Å². The third-order valence-electron chi connectivity index (χ3n) is 2.35. The summed E-state index contributed by atoms with van der Waals surface area (Å²) in [5.74, 6) is 1.05. The Hall–Kier alpha value is -0.480. The summed E-state index contributed by atoms with van der Waals surface area (Å²) in [6.45, 7) is 1.88. The van der Waals surface area contributed by atoms with Crippen molar-refractivity contribution >= 4 is 22.5 Å². The van der Waals surface area contributed by atoms with E-state index in [9.17, 15) is 8.42 Å². The zero-order valence-corrected chi connectivity index (χ0v) is 11.2. The Labute approximate surface area is 103 Å². The number of rotatable bonds is 6. The van der Waals surface area contributed by atoms with E-state index in [1.807, 2.05) is 19.1 Å². The molecule has 4 heteroatoms. The molecule has 0 aliphatic heterocycles. The smallest absolute Gasteiger partial charge is 0.178 e. The summed E-state index contributed by atoms with van der Waals surface area (Å²) < 4.78 is 23.7. The van der Waals surface area contributed by atoms with E-state index in [-0.39, 0.29) is 5.75 Å². The molecule has 0 saturated carbocycles. The van der Waals surface area contributed by atoms with Crippen molar-refractivity contribution in [2.24, 2.45) is 0 Å². The van der Waals surface area contributed by atoms with Crippen LogP contribution in [0.15, 0.2) is 29.2 Å². The lowest BCUT2D eigenvalue weighted by molar-refractivity contribution is 0.594. The summed E-state index contributed by atoms with van der Waals surface area (Å²) in [5.41, 5.74) is 1.08. The molecule has 0 aliphatic rings. The summed E-state index contributed by atoms with van der Waals surface area (Å²) in [7, 11) is -3.08. The highest BCUT2D eigenvalue weighted by molar-refractivity contribution is 7.91. The van der Waals surface area contributed by atoms with Gasteiger partial charge < -0.3 is 0 Å². The van der Waals surface area contributed by atoms with Crippen molar-refractivity contribution in [3.05, 3.63) is 29.8 Å². The van der Waals surface area contributed by atoms with Crippen LogP contribution in [0, 0.1) is 0 Å². The summed E-state index contributed by atoms with van der Waals surface area (Å²) in [4.78, 5) is 0.450. The minimum Gasteiger partial charge on any atom is -0.224 e. The number of hydrogen-bond donors (Lipinski definition) is 1. The first kappa shape index (κ1) is 13.6. The minimum absolute atomic E-state index is 0.225. The van der Waals surface area contributed by atoms with E-state index in [4.69, 9.17) is 0 Å². The van der Waals surface area contributed by atoms with Gasteiger partial charge in [-0.05, 0) is 42.7 Å². The van der Waals surface area contributed by atoms with Crippen molar-refractivity contribution in [3.63, 3.8) is 0 Å². The SMILES string of the molecule is CCCS(=O)(=O)c1cccc(CCCS)c1. The highest BCUT2D eigenvalue weighted by atomic mass is 32.2. The average Bonchev–Trinajstić information content (AvgIpc) is 2.27. The normalized spacial score (nSPS) is 11.6. The first-order valence-electron chi connectivity index (χ1n) is 5.52. The Morgan fingerprint density at radius 2 is 2.06 bits per heavy atom. The third kappa shape index (κ3) is 3.83. The highest BCUT2D eigenvalue weighted by Gasteiger charge is 2.12. The summed E-state index contributed by atoms with van der Waals surface area (Å²) in [5, 5.41) is 0. The Morgan fingerprint density at radius 1 is 1.31 bits per heavy atom. The number of thiol groups is 1. The lowest BCUT2D eigenvalue weighted by atomic mass is 10.1.